The molecule has 0 aliphatic carbocycles. The lowest BCUT2D eigenvalue weighted by Crippen LogP contribution is -1.95. The highest BCUT2D eigenvalue weighted by atomic mass is 14.9. The topological polar surface area (TPSA) is 51.6 Å². The van der Waals surface area contributed by atoms with Crippen molar-refractivity contribution in [3.8, 4) is 123 Å². The number of nitrogens with zero attached hydrogens (tertiary/aromatic N) is 4. The van der Waals surface area contributed by atoms with Gasteiger partial charge in [-0.2, -0.15) is 0 Å². The average Bonchev–Trinajstić information content (AvgIpc) is 3.48. The Labute approximate surface area is 420 Å². The molecule has 72 heavy (non-hydrogen) atoms. The summed E-state index contributed by atoms with van der Waals surface area (Å²) in [5, 5.41) is 0. The molecule has 0 radical (unpaired) electrons. The van der Waals surface area contributed by atoms with Gasteiger partial charge in [0.2, 0.25) is 0 Å². The SMILES string of the molecule is c1ccc(-c2cc(-c3ccc(-c4cccc(-c5ccccc5-c5ccccc5-c5cccc(-c6ccc(-c7cc(-c8ccccc8)nc(-c8ccccc8)n7)cc6)c5)c4)cc3)nc(-c3ccccc3)n2)cc1. The monoisotopic (exact) mass is 918 g/mol. The summed E-state index contributed by atoms with van der Waals surface area (Å²) < 4.78 is 0. The fourth-order valence-electron chi connectivity index (χ4n) is 9.48. The molecule has 0 bridgehead atoms. The summed E-state index contributed by atoms with van der Waals surface area (Å²) in [7, 11) is 0. The predicted octanol–water partition coefficient (Wildman–Crippen LogP) is 17.6. The smallest absolute Gasteiger partial charge is 0.160 e. The lowest BCUT2D eigenvalue weighted by molar-refractivity contribution is 1.18. The molecule has 0 amide bonds. The van der Waals surface area contributed by atoms with Crippen LogP contribution < -0.4 is 0 Å². The second-order valence-electron chi connectivity index (χ2n) is 17.8. The van der Waals surface area contributed by atoms with Crippen LogP contribution in [-0.4, -0.2) is 19.9 Å². The molecule has 0 aliphatic rings. The molecule has 12 rings (SSSR count). The van der Waals surface area contributed by atoms with Gasteiger partial charge in [-0.1, -0.05) is 255 Å². The lowest BCUT2D eigenvalue weighted by atomic mass is 9.88. The molecule has 0 spiro atoms. The Hall–Kier alpha value is -9.64. The largest absolute Gasteiger partial charge is 0.228 e. The summed E-state index contributed by atoms with van der Waals surface area (Å²) >= 11 is 0. The Kier molecular flexibility index (Phi) is 12.0. The Morgan fingerprint density at radius 1 is 0.153 bits per heavy atom. The van der Waals surface area contributed by atoms with Gasteiger partial charge in [0.1, 0.15) is 0 Å². The van der Waals surface area contributed by atoms with Gasteiger partial charge in [-0.05, 0) is 79.9 Å². The summed E-state index contributed by atoms with van der Waals surface area (Å²) in [6, 6.07) is 97.9. The first-order valence-electron chi connectivity index (χ1n) is 24.3. The molecule has 2 aromatic heterocycles. The van der Waals surface area contributed by atoms with Crippen molar-refractivity contribution in [2.24, 2.45) is 0 Å². The van der Waals surface area contributed by atoms with Gasteiger partial charge in [-0.25, -0.2) is 19.9 Å². The van der Waals surface area contributed by atoms with Gasteiger partial charge in [-0.3, -0.25) is 0 Å². The summed E-state index contributed by atoms with van der Waals surface area (Å²) in [6.07, 6.45) is 0. The first-order chi connectivity index (χ1) is 35.7. The molecular weight excluding hydrogens is 873 g/mol. The standard InChI is InChI=1S/C68H46N4/c1-5-19-49(20-6-1)63-45-65(71-67(69-63)53-23-9-3-10-24-53)51-39-35-47(36-40-51)55-27-17-29-57(43-55)59-31-13-15-33-61(59)62-34-16-14-32-60(62)58-30-18-28-56(44-58)48-37-41-52(42-38-48)66-46-64(50-21-7-2-8-22-50)70-68(72-66)54-25-11-4-12-26-54/h1-46H. The summed E-state index contributed by atoms with van der Waals surface area (Å²) in [4.78, 5) is 20.1. The third-order valence-corrected chi connectivity index (χ3v) is 13.2. The summed E-state index contributed by atoms with van der Waals surface area (Å²) in [6.45, 7) is 0. The van der Waals surface area contributed by atoms with Gasteiger partial charge < -0.3 is 0 Å². The van der Waals surface area contributed by atoms with Crippen LogP contribution in [0, 0.1) is 0 Å². The van der Waals surface area contributed by atoms with Crippen LogP contribution in [0.15, 0.2) is 279 Å². The van der Waals surface area contributed by atoms with E-state index in [-0.39, 0.29) is 0 Å². The maximum atomic E-state index is 5.06. The number of aromatic nitrogens is 4. The second-order valence-corrected chi connectivity index (χ2v) is 17.8. The van der Waals surface area contributed by atoms with Gasteiger partial charge in [0, 0.05) is 33.4 Å². The van der Waals surface area contributed by atoms with Crippen LogP contribution in [0.3, 0.4) is 0 Å². The Balaban J connectivity index is 0.834. The fraction of sp³-hybridized carbons (Fsp3) is 0. The zero-order valence-electron chi connectivity index (χ0n) is 39.3. The van der Waals surface area contributed by atoms with Crippen molar-refractivity contribution in [2.75, 3.05) is 0 Å². The highest BCUT2D eigenvalue weighted by Crippen LogP contribution is 2.41. The van der Waals surface area contributed by atoms with E-state index >= 15 is 0 Å². The highest BCUT2D eigenvalue weighted by molar-refractivity contribution is 5.93. The molecule has 4 heteroatoms. The van der Waals surface area contributed by atoms with Crippen LogP contribution in [0.5, 0.6) is 0 Å². The maximum absolute atomic E-state index is 5.06. The Morgan fingerprint density at radius 2 is 0.403 bits per heavy atom. The van der Waals surface area contributed by atoms with E-state index in [9.17, 15) is 0 Å². The molecule has 0 saturated heterocycles. The van der Waals surface area contributed by atoms with E-state index in [1.807, 2.05) is 72.8 Å². The van der Waals surface area contributed by atoms with E-state index in [1.54, 1.807) is 0 Å². The quantitative estimate of drug-likeness (QED) is 0.130. The van der Waals surface area contributed by atoms with Crippen LogP contribution >= 0.6 is 0 Å². The Morgan fingerprint density at radius 3 is 0.750 bits per heavy atom. The average molecular weight is 919 g/mol. The molecule has 0 unspecified atom stereocenters. The highest BCUT2D eigenvalue weighted by Gasteiger charge is 2.16. The minimum atomic E-state index is 0.706. The minimum Gasteiger partial charge on any atom is -0.228 e. The van der Waals surface area contributed by atoms with E-state index in [1.165, 1.54) is 22.3 Å². The molecule has 12 aromatic rings. The van der Waals surface area contributed by atoms with Crippen LogP contribution in [-0.2, 0) is 0 Å². The second kappa shape index (κ2) is 19.8. The van der Waals surface area contributed by atoms with Gasteiger partial charge in [0.05, 0.1) is 22.8 Å². The zero-order chi connectivity index (χ0) is 48.1. The zero-order valence-corrected chi connectivity index (χ0v) is 39.3. The molecule has 0 N–H and O–H groups in total. The summed E-state index contributed by atoms with van der Waals surface area (Å²) in [5.41, 5.74) is 21.3. The lowest BCUT2D eigenvalue weighted by Gasteiger charge is -2.16. The van der Waals surface area contributed by atoms with Crippen molar-refractivity contribution in [1.29, 1.82) is 0 Å². The van der Waals surface area contributed by atoms with Gasteiger partial charge in [0.15, 0.2) is 11.6 Å². The van der Waals surface area contributed by atoms with Crippen molar-refractivity contribution < 1.29 is 0 Å². The molecular formula is C68H46N4. The molecule has 0 fully saturated rings. The number of hydrogen-bond donors (Lipinski definition) is 0. The molecule has 0 atom stereocenters. The first-order valence-corrected chi connectivity index (χ1v) is 24.3. The van der Waals surface area contributed by atoms with Crippen molar-refractivity contribution in [3.63, 3.8) is 0 Å². The third-order valence-electron chi connectivity index (χ3n) is 13.2. The maximum Gasteiger partial charge on any atom is 0.160 e. The van der Waals surface area contributed by atoms with E-state index in [4.69, 9.17) is 19.9 Å². The predicted molar refractivity (Wildman–Crippen MR) is 297 cm³/mol. The molecule has 338 valence electrons. The van der Waals surface area contributed by atoms with Gasteiger partial charge >= 0.3 is 0 Å². The minimum absolute atomic E-state index is 0.706. The Bertz CT molecular complexity index is 3450. The van der Waals surface area contributed by atoms with Gasteiger partial charge in [0.25, 0.3) is 0 Å². The van der Waals surface area contributed by atoms with Crippen LogP contribution in [0.1, 0.15) is 0 Å². The molecule has 0 aliphatic heterocycles. The molecule has 2 heterocycles. The van der Waals surface area contributed by atoms with Crippen LogP contribution in [0.4, 0.5) is 0 Å². The van der Waals surface area contributed by atoms with Crippen molar-refractivity contribution >= 4 is 0 Å². The van der Waals surface area contributed by atoms with Crippen molar-refractivity contribution in [2.45, 2.75) is 0 Å². The number of hydrogen-bond acceptors (Lipinski definition) is 4. The number of rotatable bonds is 11. The van der Waals surface area contributed by atoms with E-state index in [0.29, 0.717) is 11.6 Å². The van der Waals surface area contributed by atoms with Crippen molar-refractivity contribution in [1.82, 2.24) is 19.9 Å². The normalized spacial score (nSPS) is 11.1. The molecule has 0 saturated carbocycles. The van der Waals surface area contributed by atoms with Crippen LogP contribution in [0.2, 0.25) is 0 Å². The summed E-state index contributed by atoms with van der Waals surface area (Å²) in [5.74, 6) is 1.41. The third kappa shape index (κ3) is 9.16. The van der Waals surface area contributed by atoms with E-state index in [2.05, 4.69) is 206 Å². The van der Waals surface area contributed by atoms with E-state index in [0.717, 1.165) is 89.5 Å². The number of benzene rings is 10. The first kappa shape index (κ1) is 43.6. The van der Waals surface area contributed by atoms with Gasteiger partial charge in [-0.15, -0.1) is 0 Å². The van der Waals surface area contributed by atoms with Crippen molar-refractivity contribution in [3.05, 3.63) is 279 Å². The fourth-order valence-corrected chi connectivity index (χ4v) is 9.48. The van der Waals surface area contributed by atoms with E-state index < -0.39 is 0 Å². The van der Waals surface area contributed by atoms with Crippen LogP contribution in [0.25, 0.3) is 123 Å². The molecule has 4 nitrogen and oxygen atoms in total. The molecule has 10 aromatic carbocycles.